The second-order valence-electron chi connectivity index (χ2n) is 7.87. The third kappa shape index (κ3) is 4.34. The zero-order valence-corrected chi connectivity index (χ0v) is 20.1. The van der Waals surface area contributed by atoms with Gasteiger partial charge in [-0.25, -0.2) is 0 Å². The molecule has 4 aromatic rings. The third-order valence-electron chi connectivity index (χ3n) is 6.13. The van der Waals surface area contributed by atoms with Crippen LogP contribution >= 0.6 is 0 Å². The van der Waals surface area contributed by atoms with Crippen LogP contribution in [0.3, 0.4) is 0 Å². The zero-order chi connectivity index (χ0) is 22.4. The Morgan fingerprint density at radius 1 is 0.719 bits per heavy atom. The molecule has 4 rings (SSSR count). The van der Waals surface area contributed by atoms with E-state index in [0.717, 1.165) is 11.3 Å². The number of hydrogen-bond donors (Lipinski definition) is 1. The van der Waals surface area contributed by atoms with Crippen molar-refractivity contribution in [1.82, 2.24) is 0 Å². The van der Waals surface area contributed by atoms with Crippen LogP contribution in [0.2, 0.25) is 5.25 Å². The van der Waals surface area contributed by atoms with E-state index in [0.29, 0.717) is 5.25 Å². The molecule has 4 aromatic carbocycles. The molecule has 0 aromatic heterocycles. The molecule has 0 aliphatic carbocycles. The monoisotopic (exact) mass is 484 g/mol. The van der Waals surface area contributed by atoms with Gasteiger partial charge in [0.1, 0.15) is 0 Å². The summed E-state index contributed by atoms with van der Waals surface area (Å²) in [5.41, 5.74) is 0.802. The molecular weight excluding hydrogens is 457 g/mol. The summed E-state index contributed by atoms with van der Waals surface area (Å²) < 4.78 is 9.05. The summed E-state index contributed by atoms with van der Waals surface area (Å²) in [7, 11) is 1.62. The second kappa shape index (κ2) is 9.88. The molecular formula is C28H26GeO3. The second-order valence-corrected chi connectivity index (χ2v) is 16.2. The molecule has 3 nitrogen and oxygen atoms in total. The molecule has 1 atom stereocenters. The molecule has 0 amide bonds. The predicted molar refractivity (Wildman–Crippen MR) is 132 cm³/mol. The Labute approximate surface area is 191 Å². The summed E-state index contributed by atoms with van der Waals surface area (Å²) in [5.74, 6) is -0.700. The van der Waals surface area contributed by atoms with Crippen molar-refractivity contribution in [2.24, 2.45) is 0 Å². The average Bonchev–Trinajstić information content (AvgIpc) is 2.86. The Morgan fingerprint density at radius 2 is 1.12 bits per heavy atom. The van der Waals surface area contributed by atoms with Crippen molar-refractivity contribution in [2.75, 3.05) is 7.11 Å². The predicted octanol–water partition coefficient (Wildman–Crippen LogP) is 4.03. The fraction of sp³-hybridized carbons (Fsp3) is 0.107. The number of aliphatic carboxylic acids is 1. The first-order valence-corrected chi connectivity index (χ1v) is 15.3. The molecule has 0 radical (unpaired) electrons. The molecule has 0 bridgehead atoms. The van der Waals surface area contributed by atoms with Gasteiger partial charge in [0.2, 0.25) is 0 Å². The maximum atomic E-state index is 12.6. The van der Waals surface area contributed by atoms with E-state index in [1.807, 2.05) is 42.5 Å². The number of methoxy groups -OCH3 is 1. The van der Waals surface area contributed by atoms with Crippen LogP contribution in [0.5, 0.6) is 5.75 Å². The first-order valence-electron chi connectivity index (χ1n) is 10.7. The number of rotatable bonds is 8. The summed E-state index contributed by atoms with van der Waals surface area (Å²) >= 11 is -3.38. The first-order chi connectivity index (χ1) is 15.6. The molecule has 0 saturated carbocycles. The normalized spacial score (nSPS) is 12.2. The van der Waals surface area contributed by atoms with Crippen molar-refractivity contribution < 1.29 is 14.6 Å². The Morgan fingerprint density at radius 3 is 1.47 bits per heavy atom. The molecule has 0 saturated heterocycles. The first kappa shape index (κ1) is 21.9. The Balaban J connectivity index is 1.94. The van der Waals surface area contributed by atoms with Crippen LogP contribution in [0, 0.1) is 0 Å². The van der Waals surface area contributed by atoms with Gasteiger partial charge in [0.15, 0.2) is 0 Å². The van der Waals surface area contributed by atoms with Crippen molar-refractivity contribution in [3.8, 4) is 5.75 Å². The summed E-state index contributed by atoms with van der Waals surface area (Å²) in [6.07, 6.45) is 0. The van der Waals surface area contributed by atoms with Gasteiger partial charge in [-0.2, -0.15) is 0 Å². The van der Waals surface area contributed by atoms with E-state index in [4.69, 9.17) is 4.74 Å². The number of carbonyl (C=O) groups is 1. The number of ether oxygens (including phenoxy) is 1. The minimum absolute atomic E-state index is 0.569. The quantitative estimate of drug-likeness (QED) is 0.385. The SMILES string of the molecule is COc1ccc(C([CH2][Ge]([c]2ccccc2)([c]2ccccc2)[c]2ccccc2)C(=O)O)cc1. The molecule has 0 spiro atoms. The van der Waals surface area contributed by atoms with Crippen LogP contribution in [0.15, 0.2) is 115 Å². The summed E-state index contributed by atoms with van der Waals surface area (Å²) in [4.78, 5) is 12.6. The molecule has 0 fully saturated rings. The van der Waals surface area contributed by atoms with Crippen molar-refractivity contribution >= 4 is 32.4 Å². The number of carboxylic acid groups (broad SMARTS) is 1. The van der Waals surface area contributed by atoms with Crippen LogP contribution < -0.4 is 17.9 Å². The van der Waals surface area contributed by atoms with Crippen molar-refractivity contribution in [3.63, 3.8) is 0 Å². The molecule has 0 heterocycles. The molecule has 1 N–H and O–H groups in total. The molecule has 32 heavy (non-hydrogen) atoms. The number of benzene rings is 4. The zero-order valence-electron chi connectivity index (χ0n) is 18.0. The number of carboxylic acids is 1. The van der Waals surface area contributed by atoms with Crippen LogP contribution in [-0.2, 0) is 4.79 Å². The third-order valence-corrected chi connectivity index (χ3v) is 16.6. The van der Waals surface area contributed by atoms with Crippen molar-refractivity contribution in [2.45, 2.75) is 11.2 Å². The Bertz CT molecular complexity index is 1050. The maximum absolute atomic E-state index is 12.6. The van der Waals surface area contributed by atoms with Gasteiger partial charge >= 0.3 is 192 Å². The standard InChI is InChI=1S/C28H26GeO3/c1-32-26-19-17-22(18-20-26)27(28(30)31)21-29(23-11-5-2-6-12-23,24-13-7-3-8-14-24)25-15-9-4-10-16-25/h2-20,27H,21H2,1H3,(H,30,31). The van der Waals surface area contributed by atoms with E-state index in [2.05, 4.69) is 72.8 Å². The van der Waals surface area contributed by atoms with Gasteiger partial charge < -0.3 is 0 Å². The van der Waals surface area contributed by atoms with E-state index in [1.54, 1.807) is 7.11 Å². The fourth-order valence-corrected chi connectivity index (χ4v) is 15.0. The van der Waals surface area contributed by atoms with Gasteiger partial charge in [-0.05, 0) is 0 Å². The average molecular weight is 483 g/mol. The Hall–Kier alpha value is -3.31. The molecule has 160 valence electrons. The topological polar surface area (TPSA) is 46.5 Å². The van der Waals surface area contributed by atoms with Crippen LogP contribution in [0.25, 0.3) is 0 Å². The summed E-state index contributed by atoms with van der Waals surface area (Å²) in [6.45, 7) is 0. The Kier molecular flexibility index (Phi) is 6.76. The fourth-order valence-electron chi connectivity index (χ4n) is 4.51. The van der Waals surface area contributed by atoms with Crippen LogP contribution in [-0.4, -0.2) is 31.5 Å². The van der Waals surface area contributed by atoms with Crippen LogP contribution in [0.4, 0.5) is 0 Å². The van der Waals surface area contributed by atoms with Gasteiger partial charge in [-0.1, -0.05) is 0 Å². The molecule has 4 heteroatoms. The van der Waals surface area contributed by atoms with E-state index in [1.165, 1.54) is 13.2 Å². The van der Waals surface area contributed by atoms with Gasteiger partial charge in [0, 0.05) is 0 Å². The van der Waals surface area contributed by atoms with Crippen LogP contribution in [0.1, 0.15) is 11.5 Å². The van der Waals surface area contributed by atoms with Crippen molar-refractivity contribution in [1.29, 1.82) is 0 Å². The molecule has 1 unspecified atom stereocenters. The van der Waals surface area contributed by atoms with Gasteiger partial charge in [-0.15, -0.1) is 0 Å². The van der Waals surface area contributed by atoms with E-state index in [9.17, 15) is 9.90 Å². The van der Waals surface area contributed by atoms with E-state index in [-0.39, 0.29) is 0 Å². The molecule has 0 aliphatic heterocycles. The van der Waals surface area contributed by atoms with Gasteiger partial charge in [0.05, 0.1) is 0 Å². The van der Waals surface area contributed by atoms with E-state index < -0.39 is 25.2 Å². The van der Waals surface area contributed by atoms with E-state index >= 15 is 0 Å². The summed E-state index contributed by atoms with van der Waals surface area (Å²) in [5, 5.41) is 10.9. The van der Waals surface area contributed by atoms with Crippen molar-refractivity contribution in [3.05, 3.63) is 121 Å². The molecule has 0 aliphatic rings. The minimum atomic E-state index is -3.38. The van der Waals surface area contributed by atoms with Gasteiger partial charge in [-0.3, -0.25) is 0 Å². The summed E-state index contributed by atoms with van der Waals surface area (Å²) in [6, 6.07) is 38.9. The van der Waals surface area contributed by atoms with Gasteiger partial charge in [0.25, 0.3) is 0 Å². The number of hydrogen-bond acceptors (Lipinski definition) is 2.